The molecule has 0 atom stereocenters. The molecule has 0 radical (unpaired) electrons. The van der Waals surface area contributed by atoms with Crippen LogP contribution in [0.15, 0.2) is 36.5 Å². The van der Waals surface area contributed by atoms with Gasteiger partial charge in [0.25, 0.3) is 5.91 Å². The number of amides is 1. The molecule has 0 bridgehead atoms. The summed E-state index contributed by atoms with van der Waals surface area (Å²) < 4.78 is 26.4. The highest BCUT2D eigenvalue weighted by Crippen LogP contribution is 2.19. The van der Waals surface area contributed by atoms with Gasteiger partial charge in [-0.1, -0.05) is 11.6 Å². The van der Waals surface area contributed by atoms with E-state index in [1.54, 1.807) is 0 Å². The number of anilines is 1. The van der Waals surface area contributed by atoms with Crippen LogP contribution in [0.1, 0.15) is 10.4 Å². The summed E-state index contributed by atoms with van der Waals surface area (Å²) in [5.41, 5.74) is -0.0296. The van der Waals surface area contributed by atoms with Crippen LogP contribution in [0.4, 0.5) is 14.5 Å². The van der Waals surface area contributed by atoms with Crippen molar-refractivity contribution in [2.45, 2.75) is 0 Å². The molecule has 0 fully saturated rings. The molecular formula is C12H7ClF2N2O. The number of carbonyl (C=O) groups is 1. The van der Waals surface area contributed by atoms with E-state index in [0.717, 1.165) is 6.07 Å². The summed E-state index contributed by atoms with van der Waals surface area (Å²) in [5.74, 6) is -2.26. The Kier molecular flexibility index (Phi) is 3.53. The summed E-state index contributed by atoms with van der Waals surface area (Å²) in [6.07, 6.45) is 1.23. The fraction of sp³-hybridized carbons (Fsp3) is 0. The first-order valence-electron chi connectivity index (χ1n) is 4.95. The molecule has 1 aromatic carbocycles. The third kappa shape index (κ3) is 2.62. The highest BCUT2D eigenvalue weighted by Gasteiger charge is 2.12. The maximum absolute atomic E-state index is 13.2. The fourth-order valence-corrected chi connectivity index (χ4v) is 1.45. The zero-order chi connectivity index (χ0) is 13.1. The molecule has 1 N–H and O–H groups in total. The molecule has 92 valence electrons. The Morgan fingerprint density at radius 3 is 2.72 bits per heavy atom. The summed E-state index contributed by atoms with van der Waals surface area (Å²) in [7, 11) is 0. The molecule has 0 saturated heterocycles. The van der Waals surface area contributed by atoms with Crippen molar-refractivity contribution in [3.8, 4) is 0 Å². The molecule has 0 saturated carbocycles. The Bertz CT molecular complexity index is 604. The van der Waals surface area contributed by atoms with Crippen LogP contribution >= 0.6 is 11.6 Å². The number of nitrogens with one attached hydrogen (secondary N) is 1. The number of carbonyl (C=O) groups excluding carboxylic acids is 1. The summed E-state index contributed by atoms with van der Waals surface area (Å²) in [5, 5.41) is 2.29. The van der Waals surface area contributed by atoms with E-state index >= 15 is 0 Å². The minimum atomic E-state index is -0.885. The van der Waals surface area contributed by atoms with Crippen LogP contribution in [0.3, 0.4) is 0 Å². The molecule has 1 heterocycles. The van der Waals surface area contributed by atoms with Crippen LogP contribution in [0.5, 0.6) is 0 Å². The zero-order valence-corrected chi connectivity index (χ0v) is 9.71. The van der Waals surface area contributed by atoms with Gasteiger partial charge in [0.1, 0.15) is 5.82 Å². The molecule has 0 aliphatic rings. The predicted molar refractivity (Wildman–Crippen MR) is 63.6 cm³/mol. The molecule has 18 heavy (non-hydrogen) atoms. The van der Waals surface area contributed by atoms with Gasteiger partial charge in [0.2, 0.25) is 5.95 Å². The number of pyridine rings is 1. The minimum Gasteiger partial charge on any atom is -0.322 e. The number of hydrogen-bond acceptors (Lipinski definition) is 2. The second kappa shape index (κ2) is 5.10. The van der Waals surface area contributed by atoms with Crippen LogP contribution < -0.4 is 5.32 Å². The molecule has 6 heteroatoms. The highest BCUT2D eigenvalue weighted by molar-refractivity contribution is 6.30. The van der Waals surface area contributed by atoms with Crippen molar-refractivity contribution in [2.75, 3.05) is 5.32 Å². The highest BCUT2D eigenvalue weighted by atomic mass is 35.5. The van der Waals surface area contributed by atoms with Crippen LogP contribution in [0.2, 0.25) is 5.02 Å². The smallest absolute Gasteiger partial charge is 0.260 e. The largest absolute Gasteiger partial charge is 0.322 e. The molecule has 0 aliphatic carbocycles. The number of nitrogens with zero attached hydrogens (tertiary/aromatic N) is 1. The van der Waals surface area contributed by atoms with E-state index in [1.807, 2.05) is 0 Å². The number of rotatable bonds is 2. The molecule has 1 aromatic heterocycles. The Hall–Kier alpha value is -2.01. The number of benzene rings is 1. The van der Waals surface area contributed by atoms with Crippen LogP contribution in [-0.2, 0) is 0 Å². The van der Waals surface area contributed by atoms with Gasteiger partial charge in [-0.15, -0.1) is 0 Å². The SMILES string of the molecule is O=C(Nc1ccc(Cl)c(F)c1)c1cccnc1F. The molecular weight excluding hydrogens is 262 g/mol. The lowest BCUT2D eigenvalue weighted by atomic mass is 10.2. The van der Waals surface area contributed by atoms with Gasteiger partial charge in [0, 0.05) is 11.9 Å². The number of aromatic nitrogens is 1. The second-order valence-corrected chi connectivity index (χ2v) is 3.83. The van der Waals surface area contributed by atoms with E-state index in [-0.39, 0.29) is 16.3 Å². The van der Waals surface area contributed by atoms with Gasteiger partial charge in [0.15, 0.2) is 0 Å². The van der Waals surface area contributed by atoms with E-state index in [0.29, 0.717) is 0 Å². The maximum atomic E-state index is 13.2. The second-order valence-electron chi connectivity index (χ2n) is 3.42. The molecule has 2 rings (SSSR count). The Labute approximate surface area is 106 Å². The van der Waals surface area contributed by atoms with Crippen LogP contribution in [0.25, 0.3) is 0 Å². The van der Waals surface area contributed by atoms with Crippen molar-refractivity contribution in [2.24, 2.45) is 0 Å². The van der Waals surface area contributed by atoms with E-state index < -0.39 is 17.7 Å². The lowest BCUT2D eigenvalue weighted by molar-refractivity contribution is 0.102. The number of hydrogen-bond donors (Lipinski definition) is 1. The van der Waals surface area contributed by atoms with Gasteiger partial charge < -0.3 is 5.32 Å². The lowest BCUT2D eigenvalue weighted by Gasteiger charge is -2.06. The summed E-state index contributed by atoms with van der Waals surface area (Å²) in [6, 6.07) is 6.47. The minimum absolute atomic E-state index is 0.0550. The van der Waals surface area contributed by atoms with Gasteiger partial charge in [0.05, 0.1) is 10.6 Å². The lowest BCUT2D eigenvalue weighted by Crippen LogP contribution is -2.14. The average molecular weight is 269 g/mol. The van der Waals surface area contributed by atoms with Crippen molar-refractivity contribution in [3.63, 3.8) is 0 Å². The van der Waals surface area contributed by atoms with Crippen molar-refractivity contribution in [1.29, 1.82) is 0 Å². The summed E-state index contributed by atoms with van der Waals surface area (Å²) in [4.78, 5) is 15.0. The summed E-state index contributed by atoms with van der Waals surface area (Å²) in [6.45, 7) is 0. The molecule has 1 amide bonds. The standard InChI is InChI=1S/C12H7ClF2N2O/c13-9-4-3-7(6-10(9)14)17-12(18)8-2-1-5-16-11(8)15/h1-6H,(H,17,18). The van der Waals surface area contributed by atoms with Gasteiger partial charge >= 0.3 is 0 Å². The van der Waals surface area contributed by atoms with Crippen molar-refractivity contribution >= 4 is 23.2 Å². The Morgan fingerprint density at radius 1 is 1.28 bits per heavy atom. The predicted octanol–water partition coefficient (Wildman–Crippen LogP) is 3.27. The first kappa shape index (κ1) is 12.4. The fourth-order valence-electron chi connectivity index (χ4n) is 1.33. The average Bonchev–Trinajstić information content (AvgIpc) is 2.34. The van der Waals surface area contributed by atoms with Crippen molar-refractivity contribution in [1.82, 2.24) is 4.98 Å². The quantitative estimate of drug-likeness (QED) is 0.850. The van der Waals surface area contributed by atoms with Gasteiger partial charge in [-0.25, -0.2) is 9.37 Å². The molecule has 3 nitrogen and oxygen atoms in total. The van der Waals surface area contributed by atoms with Gasteiger partial charge in [-0.05, 0) is 30.3 Å². The summed E-state index contributed by atoms with van der Waals surface area (Å²) >= 11 is 5.50. The maximum Gasteiger partial charge on any atom is 0.260 e. The van der Waals surface area contributed by atoms with Gasteiger partial charge in [-0.3, -0.25) is 4.79 Å². The van der Waals surface area contributed by atoms with Gasteiger partial charge in [-0.2, -0.15) is 4.39 Å². The third-order valence-corrected chi connectivity index (χ3v) is 2.49. The van der Waals surface area contributed by atoms with E-state index in [9.17, 15) is 13.6 Å². The van der Waals surface area contributed by atoms with Crippen molar-refractivity contribution in [3.05, 3.63) is 58.9 Å². The molecule has 0 spiro atoms. The monoisotopic (exact) mass is 268 g/mol. The van der Waals surface area contributed by atoms with Crippen molar-refractivity contribution < 1.29 is 13.6 Å². The molecule has 0 unspecified atom stereocenters. The molecule has 2 aromatic rings. The van der Waals surface area contributed by atoms with E-state index in [1.165, 1.54) is 30.5 Å². The third-order valence-electron chi connectivity index (χ3n) is 2.18. The topological polar surface area (TPSA) is 42.0 Å². The number of halogens is 3. The first-order valence-corrected chi connectivity index (χ1v) is 5.32. The van der Waals surface area contributed by atoms with Crippen LogP contribution in [-0.4, -0.2) is 10.9 Å². The molecule has 0 aliphatic heterocycles. The Morgan fingerprint density at radius 2 is 2.06 bits per heavy atom. The zero-order valence-electron chi connectivity index (χ0n) is 8.95. The van der Waals surface area contributed by atoms with E-state index in [4.69, 9.17) is 11.6 Å². The Balaban J connectivity index is 2.22. The van der Waals surface area contributed by atoms with Crippen LogP contribution in [0, 0.1) is 11.8 Å². The van der Waals surface area contributed by atoms with E-state index in [2.05, 4.69) is 10.3 Å². The normalized spacial score (nSPS) is 10.2. The first-order chi connectivity index (χ1) is 8.58.